The summed E-state index contributed by atoms with van der Waals surface area (Å²) in [5.74, 6) is 0.145. The molecule has 0 radical (unpaired) electrons. The first-order valence-electron chi connectivity index (χ1n) is 5.12. The van der Waals surface area contributed by atoms with E-state index in [4.69, 9.17) is 5.11 Å². The monoisotopic (exact) mass is 213 g/mol. The Bertz CT molecular complexity index is 276. The minimum atomic E-state index is -0.292. The summed E-state index contributed by atoms with van der Waals surface area (Å²) in [6.07, 6.45) is 0. The largest absolute Gasteiger partial charge is 0.396 e. The Labute approximate surface area is 87.8 Å². The molecular formula is C9H15N3O3. The molecule has 0 spiro atoms. The molecule has 0 saturated carbocycles. The lowest BCUT2D eigenvalue weighted by molar-refractivity contribution is -0.130. The Morgan fingerprint density at radius 3 is 2.80 bits per heavy atom. The number of urea groups is 1. The van der Waals surface area contributed by atoms with E-state index in [1.54, 1.807) is 0 Å². The molecule has 3 amide bonds. The van der Waals surface area contributed by atoms with E-state index in [9.17, 15) is 9.59 Å². The lowest BCUT2D eigenvalue weighted by Gasteiger charge is -2.38. The summed E-state index contributed by atoms with van der Waals surface area (Å²) in [7, 11) is 0. The summed E-state index contributed by atoms with van der Waals surface area (Å²) < 4.78 is 0. The van der Waals surface area contributed by atoms with Crippen LogP contribution in [-0.4, -0.2) is 66.2 Å². The highest BCUT2D eigenvalue weighted by atomic mass is 16.3. The average Bonchev–Trinajstić information content (AvgIpc) is 2.56. The topological polar surface area (TPSA) is 72.9 Å². The highest BCUT2D eigenvalue weighted by Crippen LogP contribution is 2.14. The number of aliphatic hydroxyl groups excluding tert-OH is 1. The molecule has 15 heavy (non-hydrogen) atoms. The Morgan fingerprint density at radius 1 is 1.53 bits per heavy atom. The molecule has 0 aromatic heterocycles. The molecule has 84 valence electrons. The van der Waals surface area contributed by atoms with Gasteiger partial charge in [-0.2, -0.15) is 0 Å². The normalized spacial score (nSPS) is 22.7. The molecule has 0 aliphatic carbocycles. The molecular weight excluding hydrogens is 198 g/mol. The van der Waals surface area contributed by atoms with E-state index >= 15 is 0 Å². The van der Waals surface area contributed by atoms with Crippen LogP contribution < -0.4 is 5.32 Å². The average molecular weight is 213 g/mol. The summed E-state index contributed by atoms with van der Waals surface area (Å²) in [6.45, 7) is 2.97. The van der Waals surface area contributed by atoms with E-state index in [0.717, 1.165) is 13.1 Å². The highest BCUT2D eigenvalue weighted by molar-refractivity contribution is 5.96. The molecule has 2 fully saturated rings. The summed E-state index contributed by atoms with van der Waals surface area (Å²) in [5.41, 5.74) is 0. The molecule has 0 unspecified atom stereocenters. The maximum Gasteiger partial charge on any atom is 0.324 e. The van der Waals surface area contributed by atoms with Gasteiger partial charge in [0.25, 0.3) is 0 Å². The fourth-order valence-electron chi connectivity index (χ4n) is 1.91. The standard InChI is InChI=1S/C9H15N3O3/c13-6-7-3-11(4-7)5-8(14)12-2-1-10-9(12)15/h7,13H,1-6H2,(H,10,15). The number of hydrogen-bond acceptors (Lipinski definition) is 4. The van der Waals surface area contributed by atoms with Crippen LogP contribution in [-0.2, 0) is 4.79 Å². The van der Waals surface area contributed by atoms with Crippen LogP contribution in [0.15, 0.2) is 0 Å². The predicted octanol–water partition coefficient (Wildman–Crippen LogP) is -1.54. The van der Waals surface area contributed by atoms with E-state index in [1.807, 2.05) is 4.90 Å². The first-order chi connectivity index (χ1) is 7.20. The zero-order chi connectivity index (χ0) is 10.8. The predicted molar refractivity (Wildman–Crippen MR) is 52.1 cm³/mol. The number of likely N-dealkylation sites (tertiary alicyclic amines) is 1. The third-order valence-electron chi connectivity index (χ3n) is 2.81. The maximum absolute atomic E-state index is 11.6. The number of carbonyl (C=O) groups is 2. The second-order valence-electron chi connectivity index (χ2n) is 4.02. The van der Waals surface area contributed by atoms with Crippen LogP contribution in [0.2, 0.25) is 0 Å². The fourth-order valence-corrected chi connectivity index (χ4v) is 1.91. The second kappa shape index (κ2) is 4.16. The number of hydrogen-bond donors (Lipinski definition) is 2. The van der Waals surface area contributed by atoms with E-state index in [0.29, 0.717) is 19.0 Å². The number of nitrogens with zero attached hydrogens (tertiary/aromatic N) is 2. The van der Waals surface area contributed by atoms with Crippen molar-refractivity contribution < 1.29 is 14.7 Å². The first-order valence-corrected chi connectivity index (χ1v) is 5.12. The van der Waals surface area contributed by atoms with Crippen molar-refractivity contribution in [1.82, 2.24) is 15.1 Å². The molecule has 0 bridgehead atoms. The van der Waals surface area contributed by atoms with Crippen LogP contribution in [0.4, 0.5) is 4.79 Å². The quantitative estimate of drug-likeness (QED) is 0.596. The van der Waals surface area contributed by atoms with Crippen LogP contribution in [0, 0.1) is 5.92 Å². The van der Waals surface area contributed by atoms with E-state index in [1.165, 1.54) is 4.90 Å². The van der Waals surface area contributed by atoms with Crippen molar-refractivity contribution in [3.63, 3.8) is 0 Å². The van der Waals surface area contributed by atoms with Gasteiger partial charge in [0.2, 0.25) is 5.91 Å². The van der Waals surface area contributed by atoms with Crippen molar-refractivity contribution in [2.75, 3.05) is 39.3 Å². The molecule has 2 aliphatic rings. The van der Waals surface area contributed by atoms with Gasteiger partial charge in [-0.1, -0.05) is 0 Å². The van der Waals surface area contributed by atoms with Crippen molar-refractivity contribution in [1.29, 1.82) is 0 Å². The zero-order valence-corrected chi connectivity index (χ0v) is 8.48. The lowest BCUT2D eigenvalue weighted by atomic mass is 10.0. The molecule has 2 rings (SSSR count). The van der Waals surface area contributed by atoms with Gasteiger partial charge in [-0.15, -0.1) is 0 Å². The highest BCUT2D eigenvalue weighted by Gasteiger charge is 2.32. The molecule has 0 aromatic carbocycles. The van der Waals surface area contributed by atoms with Gasteiger partial charge in [0, 0.05) is 38.7 Å². The smallest absolute Gasteiger partial charge is 0.324 e. The number of amides is 3. The number of imide groups is 1. The Morgan fingerprint density at radius 2 is 2.27 bits per heavy atom. The van der Waals surface area contributed by atoms with Crippen LogP contribution in [0.25, 0.3) is 0 Å². The van der Waals surface area contributed by atoms with Gasteiger partial charge >= 0.3 is 6.03 Å². The molecule has 2 aliphatic heterocycles. The first kappa shape index (κ1) is 10.4. The third kappa shape index (κ3) is 2.10. The van der Waals surface area contributed by atoms with Gasteiger partial charge in [0.15, 0.2) is 0 Å². The summed E-state index contributed by atoms with van der Waals surface area (Å²) in [5, 5.41) is 11.4. The Balaban J connectivity index is 1.76. The molecule has 6 nitrogen and oxygen atoms in total. The zero-order valence-electron chi connectivity index (χ0n) is 8.48. The maximum atomic E-state index is 11.6. The Kier molecular flexibility index (Phi) is 2.88. The number of aliphatic hydroxyl groups is 1. The van der Waals surface area contributed by atoms with Crippen molar-refractivity contribution in [2.24, 2.45) is 5.92 Å². The van der Waals surface area contributed by atoms with E-state index < -0.39 is 0 Å². The third-order valence-corrected chi connectivity index (χ3v) is 2.81. The fraction of sp³-hybridized carbons (Fsp3) is 0.778. The van der Waals surface area contributed by atoms with Crippen LogP contribution >= 0.6 is 0 Å². The van der Waals surface area contributed by atoms with E-state index in [-0.39, 0.29) is 25.1 Å². The van der Waals surface area contributed by atoms with Crippen molar-refractivity contribution in [2.45, 2.75) is 0 Å². The van der Waals surface area contributed by atoms with Crippen molar-refractivity contribution >= 4 is 11.9 Å². The van der Waals surface area contributed by atoms with Gasteiger partial charge in [0.1, 0.15) is 0 Å². The Hall–Kier alpha value is -1.14. The minimum absolute atomic E-state index is 0.151. The molecule has 0 atom stereocenters. The second-order valence-corrected chi connectivity index (χ2v) is 4.02. The van der Waals surface area contributed by atoms with E-state index in [2.05, 4.69) is 5.32 Å². The molecule has 0 aromatic rings. The van der Waals surface area contributed by atoms with Gasteiger partial charge in [-0.3, -0.25) is 14.6 Å². The molecule has 6 heteroatoms. The van der Waals surface area contributed by atoms with Crippen molar-refractivity contribution in [3.8, 4) is 0 Å². The number of nitrogens with one attached hydrogen (secondary N) is 1. The SMILES string of the molecule is O=C(CN1CC(CO)C1)N1CCNC1=O. The molecule has 2 saturated heterocycles. The number of carbonyl (C=O) groups excluding carboxylic acids is 2. The van der Waals surface area contributed by atoms with Crippen LogP contribution in [0.5, 0.6) is 0 Å². The number of rotatable bonds is 3. The van der Waals surface area contributed by atoms with Crippen molar-refractivity contribution in [3.05, 3.63) is 0 Å². The summed E-state index contributed by atoms with van der Waals surface area (Å²) >= 11 is 0. The van der Waals surface area contributed by atoms with Gasteiger partial charge < -0.3 is 10.4 Å². The minimum Gasteiger partial charge on any atom is -0.396 e. The lowest BCUT2D eigenvalue weighted by Crippen LogP contribution is -2.52. The van der Waals surface area contributed by atoms with Crippen LogP contribution in [0.3, 0.4) is 0 Å². The van der Waals surface area contributed by atoms with Gasteiger partial charge in [-0.25, -0.2) is 4.79 Å². The molecule has 2 heterocycles. The van der Waals surface area contributed by atoms with Gasteiger partial charge in [0.05, 0.1) is 6.54 Å². The molecule has 2 N–H and O–H groups in total. The summed E-state index contributed by atoms with van der Waals surface area (Å²) in [4.78, 5) is 26.0. The van der Waals surface area contributed by atoms with Gasteiger partial charge in [-0.05, 0) is 0 Å². The van der Waals surface area contributed by atoms with Crippen LogP contribution in [0.1, 0.15) is 0 Å². The summed E-state index contributed by atoms with van der Waals surface area (Å²) in [6, 6.07) is -0.292.